The van der Waals surface area contributed by atoms with Crippen molar-refractivity contribution in [2.45, 2.75) is 0 Å². The first-order valence-electron chi connectivity index (χ1n) is 1.09. The van der Waals surface area contributed by atoms with Crippen molar-refractivity contribution in [2.24, 2.45) is 15.4 Å². The zero-order valence-corrected chi connectivity index (χ0v) is 2.83. The van der Waals surface area contributed by atoms with Crippen molar-refractivity contribution in [1.82, 2.24) is 0 Å². The number of rotatable bonds is 1. The summed E-state index contributed by atoms with van der Waals surface area (Å²) in [5.74, 6) is 0. The van der Waals surface area contributed by atoms with Crippen LogP contribution in [-0.4, -0.2) is 6.08 Å². The number of hydrogen-bond donors (Lipinski definition) is 0. The van der Waals surface area contributed by atoms with E-state index in [4.69, 9.17) is 4.79 Å². The molecule has 30 valence electrons. The Morgan fingerprint density at radius 3 is 2.50 bits per heavy atom. The van der Waals surface area contributed by atoms with Crippen LogP contribution >= 0.6 is 0 Å². The summed E-state index contributed by atoms with van der Waals surface area (Å²) >= 11 is 0. The summed E-state index contributed by atoms with van der Waals surface area (Å²) in [6.07, 6.45) is 1.10. The van der Waals surface area contributed by atoms with Crippen molar-refractivity contribution in [2.75, 3.05) is 0 Å². The molecule has 0 saturated carbocycles. The zero-order valence-electron chi connectivity index (χ0n) is 2.83. The van der Waals surface area contributed by atoms with E-state index in [1.165, 1.54) is 0 Å². The van der Waals surface area contributed by atoms with Crippen molar-refractivity contribution >= 4 is 6.08 Å². The van der Waals surface area contributed by atoms with Crippen molar-refractivity contribution in [3.8, 4) is 0 Å². The SMILES string of the molecule is [CH]N=NN=C=O. The first-order valence-corrected chi connectivity index (χ1v) is 1.09. The molecule has 0 bridgehead atoms. The summed E-state index contributed by atoms with van der Waals surface area (Å²) < 4.78 is 0. The molecule has 2 radical (unpaired) electrons. The fraction of sp³-hybridized carbons (Fsp3) is 0. The zero-order chi connectivity index (χ0) is 4.83. The molecular formula is C2HN3O. The molecule has 0 amide bonds. The Balaban J connectivity index is 3.33. The highest BCUT2D eigenvalue weighted by Crippen LogP contribution is 1.65. The first-order chi connectivity index (χ1) is 2.91. The lowest BCUT2D eigenvalue weighted by Gasteiger charge is -1.54. The summed E-state index contributed by atoms with van der Waals surface area (Å²) in [6.45, 7) is 0. The molecule has 0 N–H and O–H groups in total. The van der Waals surface area contributed by atoms with Crippen LogP contribution in [0.2, 0.25) is 0 Å². The van der Waals surface area contributed by atoms with Crippen LogP contribution in [0.4, 0.5) is 0 Å². The van der Waals surface area contributed by atoms with Gasteiger partial charge >= 0.3 is 0 Å². The van der Waals surface area contributed by atoms with Crippen molar-refractivity contribution in [1.29, 1.82) is 0 Å². The predicted octanol–water partition coefficient (Wildman–Crippen LogP) is 0.358. The smallest absolute Gasteiger partial charge is 0.209 e. The lowest BCUT2D eigenvalue weighted by molar-refractivity contribution is 0.563. The van der Waals surface area contributed by atoms with E-state index in [1.54, 1.807) is 0 Å². The predicted molar refractivity (Wildman–Crippen MR) is 17.3 cm³/mol. The number of isocyanates is 1. The molecular weight excluding hydrogens is 82.0 g/mol. The van der Waals surface area contributed by atoms with Crippen LogP contribution in [0.3, 0.4) is 0 Å². The van der Waals surface area contributed by atoms with Gasteiger partial charge in [0.25, 0.3) is 6.08 Å². The molecule has 0 rings (SSSR count). The molecule has 4 nitrogen and oxygen atoms in total. The van der Waals surface area contributed by atoms with Crippen molar-refractivity contribution in [3.63, 3.8) is 0 Å². The lowest BCUT2D eigenvalue weighted by Crippen LogP contribution is -1.42. The standard InChI is InChI=1S/C2HN3O/c1-3-5-4-2-6/h1H. The highest BCUT2D eigenvalue weighted by molar-refractivity contribution is 5.31. The van der Waals surface area contributed by atoms with Gasteiger partial charge in [0.05, 0.1) is 0 Å². The summed E-state index contributed by atoms with van der Waals surface area (Å²) in [5, 5.41) is 7.93. The van der Waals surface area contributed by atoms with E-state index in [0.29, 0.717) is 0 Å². The molecule has 0 fully saturated rings. The van der Waals surface area contributed by atoms with Crippen LogP contribution in [0, 0.1) is 7.05 Å². The summed E-state index contributed by atoms with van der Waals surface area (Å²) in [7, 11) is 4.40. The van der Waals surface area contributed by atoms with Gasteiger partial charge in [-0.25, -0.2) is 4.79 Å². The van der Waals surface area contributed by atoms with E-state index < -0.39 is 0 Å². The Morgan fingerprint density at radius 1 is 1.67 bits per heavy atom. The number of hydrogen-bond acceptors (Lipinski definition) is 3. The quantitative estimate of drug-likeness (QED) is 0.195. The Bertz CT molecular complexity index is 91.0. The fourth-order valence-electron chi connectivity index (χ4n) is 0.0441. The van der Waals surface area contributed by atoms with Gasteiger partial charge in [-0.3, -0.25) is 0 Å². The molecule has 0 aliphatic rings. The Hall–Kier alpha value is -1.02. The minimum Gasteiger partial charge on any atom is -0.209 e. The van der Waals surface area contributed by atoms with Gasteiger partial charge in [-0.2, -0.15) is 5.11 Å². The molecule has 0 unspecified atom stereocenters. The van der Waals surface area contributed by atoms with Crippen LogP contribution in [0.1, 0.15) is 0 Å². The third kappa shape index (κ3) is 2.98. The van der Waals surface area contributed by atoms with Gasteiger partial charge in [-0.1, -0.05) is 0 Å². The van der Waals surface area contributed by atoms with Crippen LogP contribution in [0.5, 0.6) is 0 Å². The number of nitrogens with zero attached hydrogens (tertiary/aromatic N) is 3. The minimum absolute atomic E-state index is 1.10. The van der Waals surface area contributed by atoms with Crippen LogP contribution in [0.25, 0.3) is 0 Å². The molecule has 0 atom stereocenters. The molecule has 0 aromatic rings. The van der Waals surface area contributed by atoms with Crippen LogP contribution in [0.15, 0.2) is 15.4 Å². The monoisotopic (exact) mass is 83.0 g/mol. The Labute approximate surface area is 34.6 Å². The molecule has 0 spiro atoms. The Morgan fingerprint density at radius 2 is 2.33 bits per heavy atom. The molecule has 0 aromatic heterocycles. The third-order valence-corrected chi connectivity index (χ3v) is 0.137. The molecule has 0 heterocycles. The van der Waals surface area contributed by atoms with Crippen molar-refractivity contribution in [3.05, 3.63) is 7.05 Å². The van der Waals surface area contributed by atoms with Gasteiger partial charge in [0, 0.05) is 0 Å². The van der Waals surface area contributed by atoms with Crippen molar-refractivity contribution < 1.29 is 4.79 Å². The summed E-state index contributed by atoms with van der Waals surface area (Å²) in [6, 6.07) is 0. The first kappa shape index (κ1) is 4.98. The maximum Gasteiger partial charge on any atom is 0.261 e. The van der Waals surface area contributed by atoms with E-state index in [1.807, 2.05) is 0 Å². The van der Waals surface area contributed by atoms with E-state index >= 15 is 0 Å². The summed E-state index contributed by atoms with van der Waals surface area (Å²) in [5.41, 5.74) is 0. The highest BCUT2D eigenvalue weighted by Gasteiger charge is 1.50. The molecule has 0 aliphatic heterocycles. The molecule has 0 aliphatic carbocycles. The molecule has 0 aromatic carbocycles. The van der Waals surface area contributed by atoms with Gasteiger partial charge in [0.15, 0.2) is 0 Å². The second-order valence-electron chi connectivity index (χ2n) is 0.396. The lowest BCUT2D eigenvalue weighted by atomic mass is 11.5. The summed E-state index contributed by atoms with van der Waals surface area (Å²) in [4.78, 5) is 9.06. The van der Waals surface area contributed by atoms with Crippen LogP contribution in [-0.2, 0) is 4.79 Å². The largest absolute Gasteiger partial charge is 0.261 e. The van der Waals surface area contributed by atoms with E-state index in [2.05, 4.69) is 22.5 Å². The van der Waals surface area contributed by atoms with E-state index in [9.17, 15) is 0 Å². The van der Waals surface area contributed by atoms with Gasteiger partial charge in [0.1, 0.15) is 7.05 Å². The van der Waals surface area contributed by atoms with Gasteiger partial charge < -0.3 is 0 Å². The second kappa shape index (κ2) is 3.98. The fourth-order valence-corrected chi connectivity index (χ4v) is 0.0441. The maximum absolute atomic E-state index is 9.06. The average molecular weight is 83.0 g/mol. The van der Waals surface area contributed by atoms with Gasteiger partial charge in [-0.05, 0) is 10.3 Å². The topological polar surface area (TPSA) is 54.1 Å². The van der Waals surface area contributed by atoms with Gasteiger partial charge in [0.2, 0.25) is 0 Å². The molecule has 6 heavy (non-hydrogen) atoms. The van der Waals surface area contributed by atoms with E-state index in [0.717, 1.165) is 6.08 Å². The highest BCUT2D eigenvalue weighted by atomic mass is 16.1. The molecule has 4 heteroatoms. The van der Waals surface area contributed by atoms with Gasteiger partial charge in [-0.15, -0.1) is 0 Å². The minimum atomic E-state index is 1.10. The molecule has 0 saturated heterocycles. The maximum atomic E-state index is 9.06. The normalized spacial score (nSPS) is 8.17. The third-order valence-electron chi connectivity index (χ3n) is 0.137. The van der Waals surface area contributed by atoms with Crippen LogP contribution < -0.4 is 0 Å². The number of carbonyl (C=O) groups excluding carboxylic acids is 1. The second-order valence-corrected chi connectivity index (χ2v) is 0.396. The Kier molecular flexibility index (Phi) is 3.30. The average Bonchev–Trinajstić information content (AvgIpc) is 1.61. The van der Waals surface area contributed by atoms with E-state index in [-0.39, 0.29) is 0 Å².